The maximum absolute atomic E-state index is 13.1. The van der Waals surface area contributed by atoms with Crippen LogP contribution in [0.2, 0.25) is 0 Å². The molecule has 1 heterocycles. The van der Waals surface area contributed by atoms with Gasteiger partial charge in [0, 0.05) is 12.2 Å². The molecular weight excluding hydrogens is 362 g/mol. The number of nitrogens with zero attached hydrogens (tertiary/aromatic N) is 2. The first-order valence-corrected chi connectivity index (χ1v) is 8.26. The number of anilines is 1. The van der Waals surface area contributed by atoms with Crippen LogP contribution in [0.25, 0.3) is 0 Å². The maximum atomic E-state index is 13.1. The second-order valence-corrected chi connectivity index (χ2v) is 6.16. The SMILES string of the molecule is O=C(NCc1cccc(F)c1)c1nnc(C(=O)Nc2ccc(F)cc2)s1. The minimum atomic E-state index is -0.557. The summed E-state index contributed by atoms with van der Waals surface area (Å²) in [7, 11) is 0. The number of carbonyl (C=O) groups excluding carboxylic acids is 2. The molecule has 0 bridgehead atoms. The van der Waals surface area contributed by atoms with E-state index in [0.29, 0.717) is 11.3 Å². The quantitative estimate of drug-likeness (QED) is 0.719. The van der Waals surface area contributed by atoms with Gasteiger partial charge in [-0.15, -0.1) is 10.2 Å². The van der Waals surface area contributed by atoms with Crippen molar-refractivity contribution >= 4 is 28.8 Å². The summed E-state index contributed by atoms with van der Waals surface area (Å²) in [5.41, 5.74) is 0.987. The molecular formula is C17H12F2N4O2S. The van der Waals surface area contributed by atoms with Crippen LogP contribution in [0, 0.1) is 11.6 Å². The van der Waals surface area contributed by atoms with Gasteiger partial charge in [0.25, 0.3) is 11.8 Å². The van der Waals surface area contributed by atoms with E-state index in [2.05, 4.69) is 20.8 Å². The third-order valence-corrected chi connectivity index (χ3v) is 4.18. The molecule has 9 heteroatoms. The van der Waals surface area contributed by atoms with Gasteiger partial charge in [0.2, 0.25) is 10.0 Å². The molecule has 3 rings (SSSR count). The number of nitrogens with one attached hydrogen (secondary N) is 2. The van der Waals surface area contributed by atoms with E-state index in [0.717, 1.165) is 11.3 Å². The lowest BCUT2D eigenvalue weighted by molar-refractivity contribution is 0.0948. The maximum Gasteiger partial charge on any atom is 0.286 e. The Hall–Kier alpha value is -3.20. The average Bonchev–Trinajstić information content (AvgIpc) is 3.12. The van der Waals surface area contributed by atoms with Crippen LogP contribution in [0.5, 0.6) is 0 Å². The molecule has 6 nitrogen and oxygen atoms in total. The van der Waals surface area contributed by atoms with Crippen LogP contribution < -0.4 is 10.6 Å². The fraction of sp³-hybridized carbons (Fsp3) is 0.0588. The number of rotatable bonds is 5. The molecule has 132 valence electrons. The lowest BCUT2D eigenvalue weighted by Crippen LogP contribution is -2.22. The molecule has 0 aliphatic rings. The zero-order valence-corrected chi connectivity index (χ0v) is 14.0. The molecule has 2 N–H and O–H groups in total. The highest BCUT2D eigenvalue weighted by Crippen LogP contribution is 2.14. The Kier molecular flexibility index (Phi) is 5.28. The summed E-state index contributed by atoms with van der Waals surface area (Å²) >= 11 is 0.815. The molecule has 0 aliphatic carbocycles. The molecule has 0 spiro atoms. The van der Waals surface area contributed by atoms with Gasteiger partial charge in [0.1, 0.15) is 11.6 Å². The Morgan fingerprint density at radius 2 is 1.62 bits per heavy atom. The molecule has 0 saturated carbocycles. The van der Waals surface area contributed by atoms with Crippen molar-refractivity contribution in [2.45, 2.75) is 6.54 Å². The van der Waals surface area contributed by atoms with E-state index in [1.165, 1.54) is 36.4 Å². The molecule has 0 saturated heterocycles. The summed E-state index contributed by atoms with van der Waals surface area (Å²) in [6, 6.07) is 11.1. The van der Waals surface area contributed by atoms with E-state index in [1.54, 1.807) is 12.1 Å². The number of amides is 2. The van der Waals surface area contributed by atoms with Crippen LogP contribution in [-0.2, 0) is 6.54 Å². The number of halogens is 2. The smallest absolute Gasteiger partial charge is 0.286 e. The van der Waals surface area contributed by atoms with Gasteiger partial charge in [-0.1, -0.05) is 23.5 Å². The highest BCUT2D eigenvalue weighted by Gasteiger charge is 2.17. The van der Waals surface area contributed by atoms with Gasteiger partial charge in [-0.2, -0.15) is 0 Å². The summed E-state index contributed by atoms with van der Waals surface area (Å²) in [6.07, 6.45) is 0. The Balaban J connectivity index is 1.60. The van der Waals surface area contributed by atoms with Gasteiger partial charge >= 0.3 is 0 Å². The first-order valence-electron chi connectivity index (χ1n) is 7.44. The Labute approximate surface area is 150 Å². The van der Waals surface area contributed by atoms with Crippen LogP contribution in [0.1, 0.15) is 25.2 Å². The van der Waals surface area contributed by atoms with Crippen molar-refractivity contribution in [2.75, 3.05) is 5.32 Å². The average molecular weight is 374 g/mol. The Bertz CT molecular complexity index is 944. The number of hydrogen-bond donors (Lipinski definition) is 2. The molecule has 2 aromatic carbocycles. The van der Waals surface area contributed by atoms with Crippen LogP contribution in [0.3, 0.4) is 0 Å². The first kappa shape index (κ1) is 17.6. The third kappa shape index (κ3) is 4.45. The minimum Gasteiger partial charge on any atom is -0.346 e. The molecule has 0 radical (unpaired) electrons. The van der Waals surface area contributed by atoms with Gasteiger partial charge < -0.3 is 10.6 Å². The van der Waals surface area contributed by atoms with E-state index in [-0.39, 0.29) is 16.6 Å². The second kappa shape index (κ2) is 7.79. The largest absolute Gasteiger partial charge is 0.346 e. The zero-order valence-electron chi connectivity index (χ0n) is 13.2. The lowest BCUT2D eigenvalue weighted by Gasteiger charge is -2.03. The van der Waals surface area contributed by atoms with E-state index < -0.39 is 23.4 Å². The summed E-state index contributed by atoms with van der Waals surface area (Å²) in [5.74, 6) is -1.89. The standard InChI is InChI=1S/C17H12F2N4O2S/c18-11-4-6-13(7-5-11)21-15(25)17-23-22-16(26-17)14(24)20-9-10-2-1-3-12(19)8-10/h1-8H,9H2,(H,20,24)(H,21,25). The number of benzene rings is 2. The summed E-state index contributed by atoms with van der Waals surface area (Å²) in [4.78, 5) is 24.1. The van der Waals surface area contributed by atoms with Gasteiger partial charge in [-0.05, 0) is 42.0 Å². The van der Waals surface area contributed by atoms with Gasteiger partial charge in [-0.25, -0.2) is 8.78 Å². The Morgan fingerprint density at radius 3 is 2.31 bits per heavy atom. The predicted molar refractivity (Wildman–Crippen MR) is 91.8 cm³/mol. The molecule has 1 aromatic heterocycles. The molecule has 0 atom stereocenters. The molecule has 0 unspecified atom stereocenters. The number of carbonyl (C=O) groups is 2. The van der Waals surface area contributed by atoms with E-state index in [1.807, 2.05) is 0 Å². The third-order valence-electron chi connectivity index (χ3n) is 3.26. The number of hydrogen-bond acceptors (Lipinski definition) is 5. The van der Waals surface area contributed by atoms with Crippen molar-refractivity contribution in [3.8, 4) is 0 Å². The van der Waals surface area contributed by atoms with E-state index in [4.69, 9.17) is 0 Å². The van der Waals surface area contributed by atoms with Crippen LogP contribution in [-0.4, -0.2) is 22.0 Å². The molecule has 3 aromatic rings. The normalized spacial score (nSPS) is 10.4. The zero-order chi connectivity index (χ0) is 18.5. The van der Waals surface area contributed by atoms with Gasteiger partial charge in [0.05, 0.1) is 0 Å². The van der Waals surface area contributed by atoms with E-state index in [9.17, 15) is 18.4 Å². The van der Waals surface area contributed by atoms with Crippen molar-refractivity contribution < 1.29 is 18.4 Å². The Morgan fingerprint density at radius 1 is 0.923 bits per heavy atom. The first-order chi connectivity index (χ1) is 12.5. The predicted octanol–water partition coefficient (Wildman–Crippen LogP) is 3.00. The highest BCUT2D eigenvalue weighted by atomic mass is 32.1. The van der Waals surface area contributed by atoms with Gasteiger partial charge in [-0.3, -0.25) is 9.59 Å². The highest BCUT2D eigenvalue weighted by molar-refractivity contribution is 7.15. The van der Waals surface area contributed by atoms with Crippen LogP contribution in [0.15, 0.2) is 48.5 Å². The molecule has 0 aliphatic heterocycles. The fourth-order valence-corrected chi connectivity index (χ4v) is 2.68. The topological polar surface area (TPSA) is 84.0 Å². The van der Waals surface area contributed by atoms with Crippen molar-refractivity contribution in [2.24, 2.45) is 0 Å². The lowest BCUT2D eigenvalue weighted by atomic mass is 10.2. The monoisotopic (exact) mass is 374 g/mol. The van der Waals surface area contributed by atoms with Gasteiger partial charge in [0.15, 0.2) is 0 Å². The molecule has 0 fully saturated rings. The van der Waals surface area contributed by atoms with Crippen molar-refractivity contribution in [3.63, 3.8) is 0 Å². The minimum absolute atomic E-state index is 0.00524. The van der Waals surface area contributed by atoms with Crippen LogP contribution in [0.4, 0.5) is 14.5 Å². The van der Waals surface area contributed by atoms with E-state index >= 15 is 0 Å². The molecule has 26 heavy (non-hydrogen) atoms. The van der Waals surface area contributed by atoms with Crippen molar-refractivity contribution in [3.05, 3.63) is 75.7 Å². The molecule has 2 amide bonds. The summed E-state index contributed by atoms with van der Waals surface area (Å²) in [5, 5.41) is 12.5. The van der Waals surface area contributed by atoms with Crippen LogP contribution >= 0.6 is 11.3 Å². The van der Waals surface area contributed by atoms with Crippen molar-refractivity contribution in [1.82, 2.24) is 15.5 Å². The van der Waals surface area contributed by atoms with Crippen molar-refractivity contribution in [1.29, 1.82) is 0 Å². The second-order valence-electron chi connectivity index (χ2n) is 5.19. The summed E-state index contributed by atoms with van der Waals surface area (Å²) in [6.45, 7) is 0.118. The summed E-state index contributed by atoms with van der Waals surface area (Å²) < 4.78 is 26.0. The number of aromatic nitrogens is 2. The fourth-order valence-electron chi connectivity index (χ4n) is 2.03.